The Bertz CT molecular complexity index is 1220. The number of thiazole rings is 1. The van der Waals surface area contributed by atoms with Crippen LogP contribution < -0.4 is 4.74 Å². The maximum absolute atomic E-state index is 11.9. The van der Waals surface area contributed by atoms with E-state index in [1.54, 1.807) is 19.4 Å². The number of nitrogens with zero attached hydrogens (tertiary/aromatic N) is 4. The molecule has 0 aliphatic carbocycles. The second-order valence-electron chi connectivity index (χ2n) is 6.84. The largest absolute Gasteiger partial charge is 0.497 e. The number of carbonyl (C=O) groups is 1. The van der Waals surface area contributed by atoms with Gasteiger partial charge in [-0.3, -0.25) is 4.57 Å². The lowest BCUT2D eigenvalue weighted by Crippen LogP contribution is -2.05. The number of benzene rings is 2. The first kappa shape index (κ1) is 22.0. The van der Waals surface area contributed by atoms with E-state index in [1.165, 1.54) is 28.7 Å². The Kier molecular flexibility index (Phi) is 6.87. The van der Waals surface area contributed by atoms with E-state index in [9.17, 15) is 4.79 Å². The van der Waals surface area contributed by atoms with Gasteiger partial charge in [-0.15, -0.1) is 21.5 Å². The number of aromatic nitrogens is 4. The van der Waals surface area contributed by atoms with E-state index in [0.29, 0.717) is 18.1 Å². The van der Waals surface area contributed by atoms with Crippen LogP contribution in [0.1, 0.15) is 28.0 Å². The number of aryl methyl sites for hydroxylation is 1. The molecule has 4 aromatic rings. The smallest absolute Gasteiger partial charge is 0.357 e. The van der Waals surface area contributed by atoms with Crippen molar-refractivity contribution in [2.45, 2.75) is 24.8 Å². The van der Waals surface area contributed by atoms with Crippen molar-refractivity contribution < 1.29 is 14.3 Å². The summed E-state index contributed by atoms with van der Waals surface area (Å²) in [6.45, 7) is 4.16. The van der Waals surface area contributed by atoms with Gasteiger partial charge < -0.3 is 9.47 Å². The first-order valence-electron chi connectivity index (χ1n) is 10.00. The van der Waals surface area contributed by atoms with Gasteiger partial charge in [0.2, 0.25) is 0 Å². The van der Waals surface area contributed by atoms with Crippen molar-refractivity contribution in [2.24, 2.45) is 0 Å². The minimum Gasteiger partial charge on any atom is -0.497 e. The lowest BCUT2D eigenvalue weighted by Gasteiger charge is -2.11. The van der Waals surface area contributed by atoms with E-state index in [4.69, 9.17) is 9.47 Å². The lowest BCUT2D eigenvalue weighted by molar-refractivity contribution is 0.0520. The van der Waals surface area contributed by atoms with Crippen LogP contribution in [0.5, 0.6) is 5.75 Å². The predicted molar refractivity (Wildman–Crippen MR) is 126 cm³/mol. The van der Waals surface area contributed by atoms with E-state index in [0.717, 1.165) is 33.0 Å². The van der Waals surface area contributed by atoms with E-state index in [2.05, 4.69) is 46.4 Å². The van der Waals surface area contributed by atoms with Gasteiger partial charge in [-0.1, -0.05) is 41.6 Å². The highest BCUT2D eigenvalue weighted by atomic mass is 32.2. The summed E-state index contributed by atoms with van der Waals surface area (Å²) in [4.78, 5) is 16.3. The first-order valence-corrected chi connectivity index (χ1v) is 11.9. The summed E-state index contributed by atoms with van der Waals surface area (Å²) in [5, 5.41) is 12.2. The molecule has 4 rings (SSSR count). The number of methoxy groups -OCH3 is 1. The highest BCUT2D eigenvalue weighted by molar-refractivity contribution is 7.98. The zero-order valence-electron chi connectivity index (χ0n) is 17.9. The Hall–Kier alpha value is -3.17. The maximum Gasteiger partial charge on any atom is 0.357 e. The van der Waals surface area contributed by atoms with Gasteiger partial charge in [0.15, 0.2) is 16.7 Å². The summed E-state index contributed by atoms with van der Waals surface area (Å²) in [5.41, 5.74) is 3.38. The Morgan fingerprint density at radius 2 is 1.97 bits per heavy atom. The zero-order chi connectivity index (χ0) is 22.5. The molecule has 0 aliphatic rings. The molecule has 0 aliphatic heterocycles. The van der Waals surface area contributed by atoms with Crippen molar-refractivity contribution in [1.82, 2.24) is 19.7 Å². The molecule has 7 nitrogen and oxygen atoms in total. The third-order valence-electron chi connectivity index (χ3n) is 4.61. The fraction of sp³-hybridized carbons (Fsp3) is 0.217. The molecule has 0 unspecified atom stereocenters. The molecule has 2 aromatic carbocycles. The molecule has 0 radical (unpaired) electrons. The van der Waals surface area contributed by atoms with Crippen molar-refractivity contribution in [3.8, 4) is 22.8 Å². The molecule has 0 N–H and O–H groups in total. The third kappa shape index (κ3) is 4.84. The number of hydrogen-bond acceptors (Lipinski definition) is 8. The second-order valence-corrected chi connectivity index (χ2v) is 8.73. The molecule has 0 bridgehead atoms. The Morgan fingerprint density at radius 1 is 1.16 bits per heavy atom. The van der Waals surface area contributed by atoms with Crippen molar-refractivity contribution in [3.63, 3.8) is 0 Å². The monoisotopic (exact) mass is 466 g/mol. The van der Waals surface area contributed by atoms with Gasteiger partial charge in [0, 0.05) is 16.6 Å². The van der Waals surface area contributed by atoms with Crippen LogP contribution in [-0.4, -0.2) is 39.4 Å². The fourth-order valence-electron chi connectivity index (χ4n) is 3.04. The molecule has 0 amide bonds. The van der Waals surface area contributed by atoms with Crippen LogP contribution >= 0.6 is 23.1 Å². The molecule has 0 saturated heterocycles. The molecule has 164 valence electrons. The number of carbonyl (C=O) groups excluding carboxylic acids is 1. The molecular formula is C23H22N4O3S2. The highest BCUT2D eigenvalue weighted by Gasteiger charge is 2.18. The average molecular weight is 467 g/mol. The Labute approximate surface area is 194 Å². The van der Waals surface area contributed by atoms with Crippen molar-refractivity contribution in [2.75, 3.05) is 13.7 Å². The third-order valence-corrected chi connectivity index (χ3v) is 6.59. The SMILES string of the molecule is CCOC(=O)c1csc(CSc2nnc(-c3cccc(OC)c3)n2-c2ccc(C)cc2)n1. The normalized spacial score (nSPS) is 10.8. The van der Waals surface area contributed by atoms with Crippen LogP contribution in [0.25, 0.3) is 17.1 Å². The Balaban J connectivity index is 1.65. The Morgan fingerprint density at radius 3 is 2.72 bits per heavy atom. The van der Waals surface area contributed by atoms with Crippen LogP contribution in [0.3, 0.4) is 0 Å². The van der Waals surface area contributed by atoms with Crippen LogP contribution in [0, 0.1) is 6.92 Å². The highest BCUT2D eigenvalue weighted by Crippen LogP contribution is 2.31. The standard InChI is InChI=1S/C23H22N4O3S2/c1-4-30-22(28)19-13-31-20(24-19)14-32-23-26-25-21(16-6-5-7-18(12-16)29-3)27(23)17-10-8-15(2)9-11-17/h5-13H,4,14H2,1-3H3. The molecule has 9 heteroatoms. The van der Waals surface area contributed by atoms with E-state index in [-0.39, 0.29) is 0 Å². The number of esters is 1. The first-order chi connectivity index (χ1) is 15.6. The van der Waals surface area contributed by atoms with Gasteiger partial charge in [-0.05, 0) is 38.1 Å². The zero-order valence-corrected chi connectivity index (χ0v) is 19.6. The molecule has 0 saturated carbocycles. The van der Waals surface area contributed by atoms with Gasteiger partial charge >= 0.3 is 5.97 Å². The van der Waals surface area contributed by atoms with E-state index in [1.807, 2.05) is 28.8 Å². The minimum atomic E-state index is -0.400. The van der Waals surface area contributed by atoms with E-state index < -0.39 is 5.97 Å². The summed E-state index contributed by atoms with van der Waals surface area (Å²) >= 11 is 2.94. The summed E-state index contributed by atoms with van der Waals surface area (Å²) < 4.78 is 12.4. The molecule has 0 spiro atoms. The quantitative estimate of drug-likeness (QED) is 0.262. The minimum absolute atomic E-state index is 0.327. The van der Waals surface area contributed by atoms with Crippen LogP contribution in [-0.2, 0) is 10.5 Å². The van der Waals surface area contributed by atoms with Gasteiger partial charge in [0.05, 0.1) is 19.5 Å². The molecular weight excluding hydrogens is 444 g/mol. The number of ether oxygens (including phenoxy) is 2. The lowest BCUT2D eigenvalue weighted by atomic mass is 10.2. The van der Waals surface area contributed by atoms with Crippen molar-refractivity contribution >= 4 is 29.1 Å². The van der Waals surface area contributed by atoms with E-state index >= 15 is 0 Å². The van der Waals surface area contributed by atoms with Gasteiger partial charge in [0.1, 0.15) is 10.8 Å². The van der Waals surface area contributed by atoms with Gasteiger partial charge in [-0.2, -0.15) is 0 Å². The fourth-order valence-corrected chi connectivity index (χ4v) is 4.77. The van der Waals surface area contributed by atoms with Crippen LogP contribution in [0.4, 0.5) is 0 Å². The molecule has 2 heterocycles. The average Bonchev–Trinajstić information content (AvgIpc) is 3.46. The number of hydrogen-bond donors (Lipinski definition) is 0. The molecule has 0 atom stereocenters. The maximum atomic E-state index is 11.9. The predicted octanol–water partition coefficient (Wildman–Crippen LogP) is 5.18. The van der Waals surface area contributed by atoms with Crippen molar-refractivity contribution in [3.05, 3.63) is 70.2 Å². The van der Waals surface area contributed by atoms with Gasteiger partial charge in [-0.25, -0.2) is 9.78 Å². The molecule has 0 fully saturated rings. The van der Waals surface area contributed by atoms with Crippen molar-refractivity contribution in [1.29, 1.82) is 0 Å². The summed E-state index contributed by atoms with van der Waals surface area (Å²) in [5.74, 6) is 1.64. The van der Waals surface area contributed by atoms with Crippen LogP contribution in [0.15, 0.2) is 59.1 Å². The number of thioether (sulfide) groups is 1. The van der Waals surface area contributed by atoms with Gasteiger partial charge in [0.25, 0.3) is 0 Å². The topological polar surface area (TPSA) is 79.1 Å². The summed E-state index contributed by atoms with van der Waals surface area (Å²) in [6, 6.07) is 16.0. The summed E-state index contributed by atoms with van der Waals surface area (Å²) in [7, 11) is 1.64. The summed E-state index contributed by atoms with van der Waals surface area (Å²) in [6.07, 6.45) is 0. The number of rotatable bonds is 8. The van der Waals surface area contributed by atoms with Crippen LogP contribution in [0.2, 0.25) is 0 Å². The second kappa shape index (κ2) is 9.97. The molecule has 32 heavy (non-hydrogen) atoms. The molecule has 2 aromatic heterocycles.